The highest BCUT2D eigenvalue weighted by atomic mass is 16.5. The van der Waals surface area contributed by atoms with E-state index in [9.17, 15) is 14.4 Å². The maximum Gasteiger partial charge on any atom is 0.338 e. The third-order valence-corrected chi connectivity index (χ3v) is 3.50. The van der Waals surface area contributed by atoms with Gasteiger partial charge in [0.25, 0.3) is 0 Å². The second kappa shape index (κ2) is 9.96. The van der Waals surface area contributed by atoms with E-state index < -0.39 is 0 Å². The van der Waals surface area contributed by atoms with Crippen LogP contribution in [0.1, 0.15) is 30.6 Å². The summed E-state index contributed by atoms with van der Waals surface area (Å²) in [6.07, 6.45) is 0.774. The number of hydrogen-bond donors (Lipinski definition) is 3. The Kier molecular flexibility index (Phi) is 7.37. The molecule has 2 aromatic carbocycles. The monoisotopic (exact) mass is 369 g/mol. The van der Waals surface area contributed by atoms with Crippen molar-refractivity contribution in [3.8, 4) is 0 Å². The number of anilines is 3. The van der Waals surface area contributed by atoms with Gasteiger partial charge in [0, 0.05) is 24.0 Å². The van der Waals surface area contributed by atoms with Crippen molar-refractivity contribution in [3.05, 3.63) is 54.1 Å². The molecule has 3 N–H and O–H groups in total. The first-order chi connectivity index (χ1) is 13.0. The van der Waals surface area contributed by atoms with E-state index in [1.807, 2.05) is 6.92 Å². The molecule has 0 atom stereocenters. The van der Waals surface area contributed by atoms with E-state index in [0.717, 1.165) is 12.1 Å². The van der Waals surface area contributed by atoms with E-state index in [4.69, 9.17) is 4.74 Å². The lowest BCUT2D eigenvalue weighted by Crippen LogP contribution is -2.21. The van der Waals surface area contributed by atoms with Gasteiger partial charge < -0.3 is 20.7 Å². The number of ether oxygens (including phenoxy) is 1. The van der Waals surface area contributed by atoms with Crippen LogP contribution in [0.4, 0.5) is 17.1 Å². The summed E-state index contributed by atoms with van der Waals surface area (Å²) in [7, 11) is 0. The Bertz CT molecular complexity index is 786. The summed E-state index contributed by atoms with van der Waals surface area (Å²) in [6, 6.07) is 13.6. The van der Waals surface area contributed by atoms with Crippen LogP contribution in [0.5, 0.6) is 0 Å². The molecule has 0 heterocycles. The maximum atomic E-state index is 12.0. The predicted octanol–water partition coefficient (Wildman–Crippen LogP) is 3.26. The molecule has 27 heavy (non-hydrogen) atoms. The molecule has 0 spiro atoms. The van der Waals surface area contributed by atoms with Crippen LogP contribution in [-0.4, -0.2) is 30.9 Å². The molecule has 0 unspecified atom stereocenters. The molecule has 0 aliphatic heterocycles. The molecule has 2 aromatic rings. The number of amides is 2. The van der Waals surface area contributed by atoms with Crippen molar-refractivity contribution in [2.75, 3.05) is 29.1 Å². The van der Waals surface area contributed by atoms with Gasteiger partial charge >= 0.3 is 5.97 Å². The molecular formula is C20H23N3O4. The smallest absolute Gasteiger partial charge is 0.338 e. The SMILES string of the molecule is CCCOC(=O)c1ccc(NCC(=O)Nc2ccc(NC(C)=O)cc2)cc1. The van der Waals surface area contributed by atoms with Crippen molar-refractivity contribution in [3.63, 3.8) is 0 Å². The van der Waals surface area contributed by atoms with Crippen LogP contribution < -0.4 is 16.0 Å². The van der Waals surface area contributed by atoms with Gasteiger partial charge in [0.1, 0.15) is 0 Å². The lowest BCUT2D eigenvalue weighted by atomic mass is 10.2. The average Bonchev–Trinajstić information content (AvgIpc) is 2.66. The topological polar surface area (TPSA) is 96.5 Å². The molecule has 0 radical (unpaired) electrons. The third kappa shape index (κ3) is 6.81. The fraction of sp³-hybridized carbons (Fsp3) is 0.250. The summed E-state index contributed by atoms with van der Waals surface area (Å²) in [5.41, 5.74) is 2.48. The third-order valence-electron chi connectivity index (χ3n) is 3.50. The van der Waals surface area contributed by atoms with Gasteiger partial charge in [-0.3, -0.25) is 9.59 Å². The number of carbonyl (C=O) groups excluding carboxylic acids is 3. The first-order valence-corrected chi connectivity index (χ1v) is 8.66. The molecule has 0 saturated carbocycles. The number of hydrogen-bond acceptors (Lipinski definition) is 5. The highest BCUT2D eigenvalue weighted by molar-refractivity contribution is 5.94. The molecule has 7 heteroatoms. The van der Waals surface area contributed by atoms with Crippen LogP contribution >= 0.6 is 0 Å². The van der Waals surface area contributed by atoms with Crippen LogP contribution in [0.25, 0.3) is 0 Å². The van der Waals surface area contributed by atoms with Crippen molar-refractivity contribution in [2.45, 2.75) is 20.3 Å². The minimum atomic E-state index is -0.358. The Labute approximate surface area is 158 Å². The fourth-order valence-corrected chi connectivity index (χ4v) is 2.23. The van der Waals surface area contributed by atoms with E-state index in [-0.39, 0.29) is 24.3 Å². The van der Waals surface area contributed by atoms with Crippen molar-refractivity contribution in [1.82, 2.24) is 0 Å². The van der Waals surface area contributed by atoms with E-state index in [2.05, 4.69) is 16.0 Å². The fourth-order valence-electron chi connectivity index (χ4n) is 2.23. The summed E-state index contributed by atoms with van der Waals surface area (Å²) < 4.78 is 5.06. The molecule has 0 aromatic heterocycles. The van der Waals surface area contributed by atoms with Crippen LogP contribution in [0.2, 0.25) is 0 Å². The Morgan fingerprint density at radius 3 is 1.96 bits per heavy atom. The molecule has 2 rings (SSSR count). The molecule has 142 valence electrons. The zero-order valence-corrected chi connectivity index (χ0v) is 15.4. The van der Waals surface area contributed by atoms with Crippen LogP contribution in [0.15, 0.2) is 48.5 Å². The lowest BCUT2D eigenvalue weighted by molar-refractivity contribution is -0.115. The normalized spacial score (nSPS) is 10.0. The van der Waals surface area contributed by atoms with E-state index in [1.165, 1.54) is 6.92 Å². The van der Waals surface area contributed by atoms with Gasteiger partial charge in [-0.1, -0.05) is 6.92 Å². The summed E-state index contributed by atoms with van der Waals surface area (Å²) in [5, 5.41) is 8.41. The highest BCUT2D eigenvalue weighted by Gasteiger charge is 2.07. The largest absolute Gasteiger partial charge is 0.462 e. The van der Waals surface area contributed by atoms with Crippen LogP contribution in [-0.2, 0) is 14.3 Å². The van der Waals surface area contributed by atoms with Crippen LogP contribution in [0, 0.1) is 0 Å². The highest BCUT2D eigenvalue weighted by Crippen LogP contribution is 2.14. The van der Waals surface area contributed by atoms with Crippen molar-refractivity contribution >= 4 is 34.8 Å². The zero-order valence-electron chi connectivity index (χ0n) is 15.4. The number of rotatable bonds is 8. The molecule has 0 bridgehead atoms. The molecule has 0 aliphatic rings. The van der Waals surface area contributed by atoms with Gasteiger partial charge in [0.2, 0.25) is 11.8 Å². The second-order valence-electron chi connectivity index (χ2n) is 5.87. The van der Waals surface area contributed by atoms with Gasteiger partial charge in [0.15, 0.2) is 0 Å². The van der Waals surface area contributed by atoms with Crippen molar-refractivity contribution in [2.24, 2.45) is 0 Å². The molecule has 0 fully saturated rings. The van der Waals surface area contributed by atoms with E-state index in [0.29, 0.717) is 23.5 Å². The summed E-state index contributed by atoms with van der Waals surface area (Å²) >= 11 is 0. The standard InChI is InChI=1S/C20H23N3O4/c1-3-12-27-20(26)15-4-6-16(7-5-15)21-13-19(25)23-18-10-8-17(9-11-18)22-14(2)24/h4-11,21H,3,12-13H2,1-2H3,(H,22,24)(H,23,25). The first-order valence-electron chi connectivity index (χ1n) is 8.66. The minimum Gasteiger partial charge on any atom is -0.462 e. The zero-order chi connectivity index (χ0) is 19.6. The predicted molar refractivity (Wildman–Crippen MR) is 105 cm³/mol. The minimum absolute atomic E-state index is 0.0765. The number of nitrogens with one attached hydrogen (secondary N) is 3. The molecule has 0 saturated heterocycles. The van der Waals surface area contributed by atoms with Gasteiger partial charge in [-0.2, -0.15) is 0 Å². The maximum absolute atomic E-state index is 12.0. The van der Waals surface area contributed by atoms with E-state index >= 15 is 0 Å². The Balaban J connectivity index is 1.81. The van der Waals surface area contributed by atoms with Crippen molar-refractivity contribution < 1.29 is 19.1 Å². The molecular weight excluding hydrogens is 346 g/mol. The number of esters is 1. The molecule has 2 amide bonds. The summed E-state index contributed by atoms with van der Waals surface area (Å²) in [4.78, 5) is 34.7. The Morgan fingerprint density at radius 1 is 0.852 bits per heavy atom. The van der Waals surface area contributed by atoms with E-state index in [1.54, 1.807) is 48.5 Å². The number of carbonyl (C=O) groups is 3. The average molecular weight is 369 g/mol. The van der Waals surface area contributed by atoms with Gasteiger partial charge in [-0.15, -0.1) is 0 Å². The Hall–Kier alpha value is -3.35. The Morgan fingerprint density at radius 2 is 1.41 bits per heavy atom. The van der Waals surface area contributed by atoms with Crippen LogP contribution in [0.3, 0.4) is 0 Å². The van der Waals surface area contributed by atoms with Gasteiger partial charge in [-0.25, -0.2) is 4.79 Å². The first kappa shape index (κ1) is 20.0. The lowest BCUT2D eigenvalue weighted by Gasteiger charge is -2.09. The quantitative estimate of drug-likeness (QED) is 0.621. The number of benzene rings is 2. The summed E-state index contributed by atoms with van der Waals surface area (Å²) in [5.74, 6) is -0.724. The summed E-state index contributed by atoms with van der Waals surface area (Å²) in [6.45, 7) is 3.84. The molecule has 0 aliphatic carbocycles. The molecule has 7 nitrogen and oxygen atoms in total. The van der Waals surface area contributed by atoms with Gasteiger partial charge in [-0.05, 0) is 55.0 Å². The van der Waals surface area contributed by atoms with Gasteiger partial charge in [0.05, 0.1) is 18.7 Å². The van der Waals surface area contributed by atoms with Crippen molar-refractivity contribution in [1.29, 1.82) is 0 Å². The second-order valence-corrected chi connectivity index (χ2v) is 5.87.